The van der Waals surface area contributed by atoms with Crippen molar-refractivity contribution in [1.29, 1.82) is 0 Å². The summed E-state index contributed by atoms with van der Waals surface area (Å²) in [4.78, 5) is 11.3. The molecule has 0 aliphatic heterocycles. The number of rotatable bonds is 5. The van der Waals surface area contributed by atoms with Crippen LogP contribution in [0.4, 0.5) is 4.39 Å². The molecule has 0 saturated heterocycles. The second-order valence-corrected chi connectivity index (χ2v) is 4.64. The molecule has 1 rings (SSSR count). The van der Waals surface area contributed by atoms with E-state index in [4.69, 9.17) is 0 Å². The fraction of sp³-hybridized carbons (Fsp3) is 0.250. The summed E-state index contributed by atoms with van der Waals surface area (Å²) in [7, 11) is 0. The highest BCUT2D eigenvalue weighted by atomic mass is 79.9. The number of hydrogen-bond donors (Lipinski definition) is 2. The largest absolute Gasteiger partial charge is 0.480 e. The molecule has 0 aliphatic carbocycles. The molecule has 0 fully saturated rings. The van der Waals surface area contributed by atoms with Crippen LogP contribution in [0.15, 0.2) is 35.3 Å². The van der Waals surface area contributed by atoms with Crippen molar-refractivity contribution in [1.82, 2.24) is 5.32 Å². The Bertz CT molecular complexity index is 450. The molecule has 17 heavy (non-hydrogen) atoms. The molecule has 2 N–H and O–H groups in total. The van der Waals surface area contributed by atoms with Gasteiger partial charge in [0.15, 0.2) is 0 Å². The summed E-state index contributed by atoms with van der Waals surface area (Å²) in [5.74, 6) is -1.71. The van der Waals surface area contributed by atoms with Gasteiger partial charge in [0.1, 0.15) is 11.4 Å². The highest BCUT2D eigenvalue weighted by molar-refractivity contribution is 9.10. The third kappa shape index (κ3) is 2.92. The summed E-state index contributed by atoms with van der Waals surface area (Å²) in [5, 5.41) is 12.0. The zero-order chi connectivity index (χ0) is 13.1. The molecule has 1 aromatic rings. The number of halogens is 2. The molecule has 5 heteroatoms. The maximum absolute atomic E-state index is 13.8. The van der Waals surface area contributed by atoms with Crippen molar-refractivity contribution in [2.45, 2.75) is 12.5 Å². The maximum Gasteiger partial charge on any atom is 0.328 e. The number of aliphatic carboxylic acids is 1. The van der Waals surface area contributed by atoms with Gasteiger partial charge in [-0.25, -0.2) is 9.18 Å². The number of nitrogens with one attached hydrogen (secondary N) is 1. The number of carbonyl (C=O) groups is 1. The Morgan fingerprint density at radius 2 is 2.35 bits per heavy atom. The van der Waals surface area contributed by atoms with Crippen molar-refractivity contribution in [2.75, 3.05) is 6.54 Å². The van der Waals surface area contributed by atoms with Gasteiger partial charge >= 0.3 is 5.97 Å². The molecule has 0 heterocycles. The van der Waals surface area contributed by atoms with E-state index in [1.807, 2.05) is 0 Å². The molecule has 0 spiro atoms. The summed E-state index contributed by atoms with van der Waals surface area (Å²) < 4.78 is 14.3. The van der Waals surface area contributed by atoms with Crippen LogP contribution < -0.4 is 5.32 Å². The van der Waals surface area contributed by atoms with Crippen LogP contribution in [0.3, 0.4) is 0 Å². The van der Waals surface area contributed by atoms with E-state index in [1.165, 1.54) is 25.1 Å². The molecular formula is C12H13BrFNO2. The van der Waals surface area contributed by atoms with E-state index in [2.05, 4.69) is 27.8 Å². The third-order valence-electron chi connectivity index (χ3n) is 2.50. The molecule has 0 aromatic heterocycles. The van der Waals surface area contributed by atoms with Crippen molar-refractivity contribution in [3.63, 3.8) is 0 Å². The first-order valence-electron chi connectivity index (χ1n) is 4.96. The van der Waals surface area contributed by atoms with Crippen LogP contribution in [0.2, 0.25) is 0 Å². The summed E-state index contributed by atoms with van der Waals surface area (Å²) >= 11 is 3.13. The van der Waals surface area contributed by atoms with Crippen molar-refractivity contribution in [3.05, 3.63) is 46.7 Å². The SMILES string of the molecule is C=CCNC(C)(C(=O)O)c1ccc(Br)cc1F. The minimum atomic E-state index is -1.47. The summed E-state index contributed by atoms with van der Waals surface area (Å²) in [6.45, 7) is 5.19. The Morgan fingerprint density at radius 3 is 2.82 bits per heavy atom. The Morgan fingerprint density at radius 1 is 1.71 bits per heavy atom. The first-order chi connectivity index (χ1) is 7.91. The number of carboxylic acid groups (broad SMARTS) is 1. The summed E-state index contributed by atoms with van der Waals surface area (Å²) in [6, 6.07) is 4.30. The zero-order valence-electron chi connectivity index (χ0n) is 9.34. The van der Waals surface area contributed by atoms with Crippen molar-refractivity contribution in [3.8, 4) is 0 Å². The molecular weight excluding hydrogens is 289 g/mol. The topological polar surface area (TPSA) is 49.3 Å². The van der Waals surface area contributed by atoms with Gasteiger partial charge in [0.25, 0.3) is 0 Å². The number of carboxylic acids is 1. The molecule has 0 bridgehead atoms. The lowest BCUT2D eigenvalue weighted by molar-refractivity contribution is -0.144. The highest BCUT2D eigenvalue weighted by Gasteiger charge is 2.36. The molecule has 1 aromatic carbocycles. The average molecular weight is 302 g/mol. The molecule has 1 unspecified atom stereocenters. The fourth-order valence-electron chi connectivity index (χ4n) is 1.46. The van der Waals surface area contributed by atoms with Gasteiger partial charge in [0, 0.05) is 16.6 Å². The van der Waals surface area contributed by atoms with Gasteiger partial charge in [-0.1, -0.05) is 28.1 Å². The predicted octanol–water partition coefficient (Wildman–Crippen LogP) is 2.66. The molecule has 3 nitrogen and oxygen atoms in total. The minimum Gasteiger partial charge on any atom is -0.480 e. The molecule has 0 amide bonds. The van der Waals surface area contributed by atoms with Crippen molar-refractivity contribution >= 4 is 21.9 Å². The number of hydrogen-bond acceptors (Lipinski definition) is 2. The second kappa shape index (κ2) is 5.42. The van der Waals surface area contributed by atoms with E-state index in [0.717, 1.165) is 0 Å². The van der Waals surface area contributed by atoms with Crippen LogP contribution in [-0.2, 0) is 10.3 Å². The lowest BCUT2D eigenvalue weighted by atomic mass is 9.91. The van der Waals surface area contributed by atoms with E-state index in [1.54, 1.807) is 6.07 Å². The first-order valence-corrected chi connectivity index (χ1v) is 5.76. The predicted molar refractivity (Wildman–Crippen MR) is 67.3 cm³/mol. The Labute approximate surface area is 107 Å². The van der Waals surface area contributed by atoms with Gasteiger partial charge in [-0.05, 0) is 19.1 Å². The Balaban J connectivity index is 3.22. The lowest BCUT2D eigenvalue weighted by Crippen LogP contribution is -2.47. The van der Waals surface area contributed by atoms with E-state index in [9.17, 15) is 14.3 Å². The van der Waals surface area contributed by atoms with Crippen molar-refractivity contribution in [2.24, 2.45) is 0 Å². The van der Waals surface area contributed by atoms with Gasteiger partial charge in [0.2, 0.25) is 0 Å². The van der Waals surface area contributed by atoms with E-state index in [0.29, 0.717) is 4.47 Å². The third-order valence-corrected chi connectivity index (χ3v) is 2.99. The van der Waals surface area contributed by atoms with Gasteiger partial charge in [-0.2, -0.15) is 0 Å². The molecule has 0 saturated carbocycles. The van der Waals surface area contributed by atoms with Crippen LogP contribution in [0.5, 0.6) is 0 Å². The lowest BCUT2D eigenvalue weighted by Gasteiger charge is -2.26. The monoisotopic (exact) mass is 301 g/mol. The van der Waals surface area contributed by atoms with Crippen LogP contribution in [0.1, 0.15) is 12.5 Å². The maximum atomic E-state index is 13.8. The van der Waals surface area contributed by atoms with Crippen molar-refractivity contribution < 1.29 is 14.3 Å². The van der Waals surface area contributed by atoms with E-state index < -0.39 is 17.3 Å². The van der Waals surface area contributed by atoms with Crippen LogP contribution in [0.25, 0.3) is 0 Å². The molecule has 92 valence electrons. The van der Waals surface area contributed by atoms with Gasteiger partial charge < -0.3 is 5.11 Å². The average Bonchev–Trinajstić information content (AvgIpc) is 2.25. The highest BCUT2D eigenvalue weighted by Crippen LogP contribution is 2.26. The second-order valence-electron chi connectivity index (χ2n) is 3.72. The quantitative estimate of drug-likeness (QED) is 0.822. The normalized spacial score (nSPS) is 14.1. The van der Waals surface area contributed by atoms with Gasteiger partial charge in [-0.15, -0.1) is 6.58 Å². The van der Waals surface area contributed by atoms with Gasteiger partial charge in [-0.3, -0.25) is 5.32 Å². The van der Waals surface area contributed by atoms with Crippen LogP contribution >= 0.6 is 15.9 Å². The first kappa shape index (κ1) is 13.9. The molecule has 0 aliphatic rings. The Hall–Kier alpha value is -1.20. The fourth-order valence-corrected chi connectivity index (χ4v) is 1.79. The Kier molecular flexibility index (Phi) is 4.42. The zero-order valence-corrected chi connectivity index (χ0v) is 10.9. The van der Waals surface area contributed by atoms with E-state index >= 15 is 0 Å². The van der Waals surface area contributed by atoms with Crippen LogP contribution in [0, 0.1) is 5.82 Å². The smallest absolute Gasteiger partial charge is 0.328 e. The molecule has 0 radical (unpaired) electrons. The van der Waals surface area contributed by atoms with Gasteiger partial charge in [0.05, 0.1) is 0 Å². The van der Waals surface area contributed by atoms with E-state index in [-0.39, 0.29) is 12.1 Å². The summed E-state index contributed by atoms with van der Waals surface area (Å²) in [5.41, 5.74) is -1.38. The molecule has 1 atom stereocenters. The van der Waals surface area contributed by atoms with Crippen LogP contribution in [-0.4, -0.2) is 17.6 Å². The number of benzene rings is 1. The standard InChI is InChI=1S/C12H13BrFNO2/c1-3-6-15-12(2,11(16)17)9-5-4-8(13)7-10(9)14/h3-5,7,15H,1,6H2,2H3,(H,16,17). The summed E-state index contributed by atoms with van der Waals surface area (Å²) in [6.07, 6.45) is 1.53. The minimum absolute atomic E-state index is 0.0926.